The highest BCUT2D eigenvalue weighted by atomic mass is 79.9. The van der Waals surface area contributed by atoms with Crippen LogP contribution in [0.1, 0.15) is 17.3 Å². The van der Waals surface area contributed by atoms with Crippen LogP contribution < -0.4 is 11.1 Å². The molecule has 1 rings (SSSR count). The molecule has 0 fully saturated rings. The molecular weight excluding hydrogens is 359 g/mol. The smallest absolute Gasteiger partial charge is 0.252 e. The molecular formula is C10H13Br2ClN2O. The van der Waals surface area contributed by atoms with Gasteiger partial charge in [0.05, 0.1) is 5.56 Å². The van der Waals surface area contributed by atoms with Crippen molar-refractivity contribution in [3.05, 3.63) is 32.7 Å². The number of amides is 1. The van der Waals surface area contributed by atoms with Crippen LogP contribution in [-0.2, 0) is 0 Å². The van der Waals surface area contributed by atoms with Gasteiger partial charge in [-0.05, 0) is 41.1 Å². The Morgan fingerprint density at radius 1 is 1.50 bits per heavy atom. The summed E-state index contributed by atoms with van der Waals surface area (Å²) in [5, 5.41) is 2.80. The monoisotopic (exact) mass is 370 g/mol. The quantitative estimate of drug-likeness (QED) is 0.857. The van der Waals surface area contributed by atoms with Gasteiger partial charge >= 0.3 is 0 Å². The first kappa shape index (κ1) is 15.9. The third-order valence-corrected chi connectivity index (χ3v) is 3.06. The zero-order valence-electron chi connectivity index (χ0n) is 8.67. The highest BCUT2D eigenvalue weighted by molar-refractivity contribution is 9.11. The van der Waals surface area contributed by atoms with Crippen molar-refractivity contribution in [1.29, 1.82) is 0 Å². The highest BCUT2D eigenvalue weighted by Crippen LogP contribution is 2.21. The van der Waals surface area contributed by atoms with E-state index in [4.69, 9.17) is 5.73 Å². The molecule has 1 aromatic rings. The molecule has 1 aromatic carbocycles. The highest BCUT2D eigenvalue weighted by Gasteiger charge is 2.11. The molecule has 0 aliphatic heterocycles. The second-order valence-corrected chi connectivity index (χ2v) is 5.00. The van der Waals surface area contributed by atoms with Gasteiger partial charge in [-0.2, -0.15) is 0 Å². The summed E-state index contributed by atoms with van der Waals surface area (Å²) in [7, 11) is 0. The zero-order valence-corrected chi connectivity index (χ0v) is 12.7. The normalized spacial score (nSPS) is 11.5. The van der Waals surface area contributed by atoms with E-state index in [2.05, 4.69) is 37.2 Å². The summed E-state index contributed by atoms with van der Waals surface area (Å²) >= 11 is 6.67. The van der Waals surface area contributed by atoms with E-state index in [0.29, 0.717) is 12.1 Å². The molecule has 0 aromatic heterocycles. The largest absolute Gasteiger partial charge is 0.348 e. The first-order chi connectivity index (χ1) is 7.04. The second kappa shape index (κ2) is 7.27. The number of nitrogens with one attached hydrogen (secondary N) is 1. The fourth-order valence-corrected chi connectivity index (χ4v) is 2.26. The molecule has 0 aliphatic carbocycles. The number of hydrogen-bond acceptors (Lipinski definition) is 2. The van der Waals surface area contributed by atoms with Gasteiger partial charge < -0.3 is 11.1 Å². The van der Waals surface area contributed by atoms with E-state index in [1.807, 2.05) is 19.1 Å². The van der Waals surface area contributed by atoms with Gasteiger partial charge in [0.15, 0.2) is 0 Å². The molecule has 0 spiro atoms. The van der Waals surface area contributed by atoms with E-state index in [1.54, 1.807) is 6.07 Å². The van der Waals surface area contributed by atoms with Crippen molar-refractivity contribution in [1.82, 2.24) is 5.32 Å². The summed E-state index contributed by atoms with van der Waals surface area (Å²) in [6.45, 7) is 2.30. The molecule has 6 heteroatoms. The van der Waals surface area contributed by atoms with E-state index in [-0.39, 0.29) is 24.4 Å². The summed E-state index contributed by atoms with van der Waals surface area (Å²) in [5.41, 5.74) is 6.04. The average molecular weight is 372 g/mol. The van der Waals surface area contributed by atoms with E-state index in [0.717, 1.165) is 8.95 Å². The third kappa shape index (κ3) is 4.41. The van der Waals surface area contributed by atoms with Gasteiger partial charge in [0.25, 0.3) is 5.91 Å². The molecule has 0 unspecified atom stereocenters. The molecule has 0 saturated carbocycles. The lowest BCUT2D eigenvalue weighted by molar-refractivity contribution is 0.0940. The van der Waals surface area contributed by atoms with Crippen LogP contribution in [0.15, 0.2) is 27.1 Å². The van der Waals surface area contributed by atoms with E-state index in [9.17, 15) is 4.79 Å². The minimum Gasteiger partial charge on any atom is -0.348 e. The molecule has 90 valence electrons. The van der Waals surface area contributed by atoms with Crippen LogP contribution in [0.4, 0.5) is 0 Å². The number of carbonyl (C=O) groups is 1. The van der Waals surface area contributed by atoms with E-state index >= 15 is 0 Å². The Morgan fingerprint density at radius 2 is 2.12 bits per heavy atom. The maximum absolute atomic E-state index is 11.7. The lowest BCUT2D eigenvalue weighted by atomic mass is 10.2. The van der Waals surface area contributed by atoms with Crippen molar-refractivity contribution >= 4 is 50.2 Å². The van der Waals surface area contributed by atoms with Crippen molar-refractivity contribution < 1.29 is 4.79 Å². The molecule has 3 nitrogen and oxygen atoms in total. The fraction of sp³-hybridized carbons (Fsp3) is 0.300. The molecule has 0 aliphatic rings. The Balaban J connectivity index is 0.00000225. The predicted molar refractivity (Wildman–Crippen MR) is 75.1 cm³/mol. The van der Waals surface area contributed by atoms with Crippen molar-refractivity contribution in [2.45, 2.75) is 13.0 Å². The lowest BCUT2D eigenvalue weighted by Gasteiger charge is -2.12. The number of hydrogen-bond donors (Lipinski definition) is 2. The van der Waals surface area contributed by atoms with Crippen LogP contribution in [0, 0.1) is 0 Å². The van der Waals surface area contributed by atoms with Gasteiger partial charge in [0.2, 0.25) is 0 Å². The molecule has 3 N–H and O–H groups in total. The maximum atomic E-state index is 11.7. The average Bonchev–Trinajstić information content (AvgIpc) is 2.17. The zero-order chi connectivity index (χ0) is 11.4. The first-order valence-electron chi connectivity index (χ1n) is 4.50. The number of halogens is 3. The minimum absolute atomic E-state index is 0. The molecule has 0 saturated heterocycles. The first-order valence-corrected chi connectivity index (χ1v) is 6.09. The summed E-state index contributed by atoms with van der Waals surface area (Å²) in [6.07, 6.45) is 0. The maximum Gasteiger partial charge on any atom is 0.252 e. The van der Waals surface area contributed by atoms with Crippen molar-refractivity contribution in [2.24, 2.45) is 5.73 Å². The third-order valence-electron chi connectivity index (χ3n) is 1.91. The van der Waals surface area contributed by atoms with Gasteiger partial charge in [-0.15, -0.1) is 12.4 Å². The Hall–Kier alpha value is -0.100. The van der Waals surface area contributed by atoms with Crippen LogP contribution in [0.5, 0.6) is 0 Å². The molecule has 0 bridgehead atoms. The van der Waals surface area contributed by atoms with Gasteiger partial charge in [-0.1, -0.05) is 15.9 Å². The fourth-order valence-electron chi connectivity index (χ4n) is 1.03. The van der Waals surface area contributed by atoms with Crippen molar-refractivity contribution in [3.63, 3.8) is 0 Å². The van der Waals surface area contributed by atoms with Crippen LogP contribution >= 0.6 is 44.3 Å². The molecule has 1 amide bonds. The number of carbonyl (C=O) groups excluding carboxylic acids is 1. The standard InChI is InChI=1S/C10H12Br2N2O.ClH/c1-6(5-13)14-10(15)8-3-2-7(11)4-9(8)12;/h2-4,6H,5,13H2,1H3,(H,14,15);1H/t6-;/m1./s1. The van der Waals surface area contributed by atoms with E-state index in [1.165, 1.54) is 0 Å². The van der Waals surface area contributed by atoms with Crippen LogP contribution in [-0.4, -0.2) is 18.5 Å². The van der Waals surface area contributed by atoms with Crippen LogP contribution in [0.2, 0.25) is 0 Å². The van der Waals surface area contributed by atoms with Gasteiger partial charge in [0, 0.05) is 21.5 Å². The van der Waals surface area contributed by atoms with Crippen molar-refractivity contribution in [2.75, 3.05) is 6.54 Å². The summed E-state index contributed by atoms with van der Waals surface area (Å²) < 4.78 is 1.69. The lowest BCUT2D eigenvalue weighted by Crippen LogP contribution is -2.37. The number of benzene rings is 1. The van der Waals surface area contributed by atoms with Gasteiger partial charge in [-0.25, -0.2) is 0 Å². The van der Waals surface area contributed by atoms with Crippen LogP contribution in [0.3, 0.4) is 0 Å². The minimum atomic E-state index is -0.118. The van der Waals surface area contributed by atoms with Gasteiger partial charge in [0.1, 0.15) is 0 Å². The Morgan fingerprint density at radius 3 is 2.62 bits per heavy atom. The Labute approximate surface area is 118 Å². The predicted octanol–water partition coefficient (Wildman–Crippen LogP) is 2.71. The molecule has 0 heterocycles. The van der Waals surface area contributed by atoms with Crippen LogP contribution in [0.25, 0.3) is 0 Å². The molecule has 1 atom stereocenters. The second-order valence-electron chi connectivity index (χ2n) is 3.23. The molecule has 0 radical (unpaired) electrons. The summed E-state index contributed by atoms with van der Waals surface area (Å²) in [4.78, 5) is 11.7. The Kier molecular flexibility index (Phi) is 7.22. The number of rotatable bonds is 3. The number of nitrogens with two attached hydrogens (primary N) is 1. The SMILES string of the molecule is C[C@H](CN)NC(=O)c1ccc(Br)cc1Br.Cl. The summed E-state index contributed by atoms with van der Waals surface area (Å²) in [5.74, 6) is -0.118. The topological polar surface area (TPSA) is 55.1 Å². The Bertz CT molecular complexity index is 374. The summed E-state index contributed by atoms with van der Waals surface area (Å²) in [6, 6.07) is 5.40. The van der Waals surface area contributed by atoms with Gasteiger partial charge in [-0.3, -0.25) is 4.79 Å². The van der Waals surface area contributed by atoms with E-state index < -0.39 is 0 Å². The van der Waals surface area contributed by atoms with Crippen molar-refractivity contribution in [3.8, 4) is 0 Å². The molecule has 16 heavy (non-hydrogen) atoms.